The second kappa shape index (κ2) is 9.97. The second-order valence-corrected chi connectivity index (χ2v) is 16.2. The van der Waals surface area contributed by atoms with Gasteiger partial charge in [0.05, 0.1) is 6.61 Å². The van der Waals surface area contributed by atoms with Crippen LogP contribution in [0.5, 0.6) is 0 Å². The third-order valence-corrected chi connectivity index (χ3v) is 8.81. The monoisotopic (exact) mass is 457 g/mol. The third kappa shape index (κ3) is 5.38. The van der Waals surface area contributed by atoms with Crippen LogP contribution in [0.1, 0.15) is 30.7 Å². The van der Waals surface area contributed by atoms with Crippen LogP contribution in [0.25, 0.3) is 0 Å². The number of fused-ring (bicyclic) bond motifs is 3. The number of rotatable bonds is 7. The summed E-state index contributed by atoms with van der Waals surface area (Å²) < 4.78 is 11.0. The Morgan fingerprint density at radius 2 is 2.06 bits per heavy atom. The van der Waals surface area contributed by atoms with Gasteiger partial charge in [-0.05, 0) is 49.1 Å². The van der Waals surface area contributed by atoms with Crippen molar-refractivity contribution >= 4 is 25.5 Å². The number of carbonyl (C=O) groups is 1. The van der Waals surface area contributed by atoms with Crippen molar-refractivity contribution in [1.82, 2.24) is 4.90 Å². The molecule has 7 heteroatoms. The minimum atomic E-state index is -1.22. The lowest BCUT2D eigenvalue weighted by Crippen LogP contribution is -2.50. The summed E-state index contributed by atoms with van der Waals surface area (Å²) in [6.45, 7) is 16.2. The van der Waals surface area contributed by atoms with Crippen LogP contribution in [-0.2, 0) is 9.47 Å². The highest BCUT2D eigenvalue weighted by molar-refractivity contribution is 6.76. The Morgan fingerprint density at radius 1 is 1.28 bits per heavy atom. The SMILES string of the molecule is C=CCN1c2ccc(NC(=O)OCC[Si](C)(C)C)cc2C2CN(C3CCOCC3)CCC21. The molecule has 1 amide bonds. The van der Waals surface area contributed by atoms with Gasteiger partial charge in [0.15, 0.2) is 0 Å². The van der Waals surface area contributed by atoms with E-state index < -0.39 is 8.07 Å². The van der Waals surface area contributed by atoms with E-state index in [1.165, 1.54) is 11.3 Å². The molecule has 32 heavy (non-hydrogen) atoms. The average Bonchev–Trinajstić information content (AvgIpc) is 3.06. The summed E-state index contributed by atoms with van der Waals surface area (Å²) in [7, 11) is -1.22. The van der Waals surface area contributed by atoms with E-state index in [0.717, 1.165) is 63.8 Å². The first kappa shape index (κ1) is 23.3. The molecule has 3 aliphatic rings. The second-order valence-electron chi connectivity index (χ2n) is 10.6. The standard InChI is InChI=1S/C25H39N3O3Si/c1-5-11-28-23-7-6-19(26-25(29)31-15-16-32(2,3)4)17-21(23)22-18-27(12-8-24(22)28)20-9-13-30-14-10-20/h5-7,17,20,22,24H,1,8-16,18H2,2-4H3,(H,26,29). The molecule has 176 valence electrons. The lowest BCUT2D eigenvalue weighted by molar-refractivity contribution is 0.0223. The molecule has 0 spiro atoms. The Kier molecular flexibility index (Phi) is 7.27. The highest BCUT2D eigenvalue weighted by Gasteiger charge is 2.42. The minimum Gasteiger partial charge on any atom is -0.450 e. The number of piperidine rings is 1. The fourth-order valence-corrected chi connectivity index (χ4v) is 6.09. The van der Waals surface area contributed by atoms with Gasteiger partial charge in [0.25, 0.3) is 0 Å². The number of hydrogen-bond donors (Lipinski definition) is 1. The van der Waals surface area contributed by atoms with Gasteiger partial charge in [-0.25, -0.2) is 4.79 Å². The maximum Gasteiger partial charge on any atom is 0.411 e. The van der Waals surface area contributed by atoms with Crippen molar-refractivity contribution in [3.8, 4) is 0 Å². The molecule has 2 unspecified atom stereocenters. The largest absolute Gasteiger partial charge is 0.450 e. The first-order valence-electron chi connectivity index (χ1n) is 12.1. The molecular formula is C25H39N3O3Si. The molecule has 0 aliphatic carbocycles. The number of likely N-dealkylation sites (tertiary alicyclic amines) is 1. The van der Waals surface area contributed by atoms with Crippen molar-refractivity contribution in [3.63, 3.8) is 0 Å². The normalized spacial score (nSPS) is 24.0. The molecule has 3 aliphatic heterocycles. The zero-order chi connectivity index (χ0) is 22.7. The molecule has 6 nitrogen and oxygen atoms in total. The van der Waals surface area contributed by atoms with Gasteiger partial charge in [-0.2, -0.15) is 0 Å². The minimum absolute atomic E-state index is 0.354. The molecule has 0 saturated carbocycles. The van der Waals surface area contributed by atoms with E-state index in [-0.39, 0.29) is 6.09 Å². The number of hydrogen-bond acceptors (Lipinski definition) is 5. The van der Waals surface area contributed by atoms with Gasteiger partial charge in [0.1, 0.15) is 0 Å². The van der Waals surface area contributed by atoms with Crippen LogP contribution in [0.3, 0.4) is 0 Å². The summed E-state index contributed by atoms with van der Waals surface area (Å²) in [6, 6.07) is 8.44. The number of nitrogens with zero attached hydrogens (tertiary/aromatic N) is 2. The van der Waals surface area contributed by atoms with Crippen LogP contribution >= 0.6 is 0 Å². The van der Waals surface area contributed by atoms with E-state index in [1.54, 1.807) is 0 Å². The molecule has 1 aromatic rings. The van der Waals surface area contributed by atoms with Crippen LogP contribution in [0.2, 0.25) is 25.7 Å². The predicted molar refractivity (Wildman–Crippen MR) is 134 cm³/mol. The van der Waals surface area contributed by atoms with Gasteiger partial charge in [0, 0.05) is 70.3 Å². The third-order valence-electron chi connectivity index (χ3n) is 7.11. The number of benzene rings is 1. The van der Waals surface area contributed by atoms with Crippen molar-refractivity contribution < 1.29 is 14.3 Å². The van der Waals surface area contributed by atoms with Gasteiger partial charge in [-0.3, -0.25) is 10.2 Å². The Morgan fingerprint density at radius 3 is 2.78 bits per heavy atom. The van der Waals surface area contributed by atoms with Crippen LogP contribution in [0, 0.1) is 0 Å². The fourth-order valence-electron chi connectivity index (χ4n) is 5.37. The van der Waals surface area contributed by atoms with E-state index in [4.69, 9.17) is 9.47 Å². The number of amides is 1. The quantitative estimate of drug-likeness (QED) is 0.465. The lowest BCUT2D eigenvalue weighted by atomic mass is 9.87. The summed E-state index contributed by atoms with van der Waals surface area (Å²) in [4.78, 5) is 17.5. The molecular weight excluding hydrogens is 418 g/mol. The molecule has 0 radical (unpaired) electrons. The van der Waals surface area contributed by atoms with E-state index in [2.05, 4.69) is 53.5 Å². The molecule has 1 aromatic carbocycles. The van der Waals surface area contributed by atoms with Gasteiger partial charge < -0.3 is 14.4 Å². The molecule has 1 N–H and O–H groups in total. The number of anilines is 2. The van der Waals surface area contributed by atoms with E-state index >= 15 is 0 Å². The van der Waals surface area contributed by atoms with Gasteiger partial charge in [0.2, 0.25) is 0 Å². The Labute approximate surface area is 193 Å². The smallest absolute Gasteiger partial charge is 0.411 e. The summed E-state index contributed by atoms with van der Waals surface area (Å²) in [6.07, 6.45) is 5.07. The van der Waals surface area contributed by atoms with E-state index in [1.807, 2.05) is 12.1 Å². The summed E-state index contributed by atoms with van der Waals surface area (Å²) in [5.74, 6) is 0.450. The van der Waals surface area contributed by atoms with Crippen LogP contribution < -0.4 is 10.2 Å². The zero-order valence-corrected chi connectivity index (χ0v) is 20.9. The molecule has 2 atom stereocenters. The first-order chi connectivity index (χ1) is 15.4. The Hall–Kier alpha value is -1.83. The highest BCUT2D eigenvalue weighted by atomic mass is 28.3. The topological polar surface area (TPSA) is 54.0 Å². The molecule has 0 aromatic heterocycles. The van der Waals surface area contributed by atoms with Crippen molar-refractivity contribution in [2.75, 3.05) is 49.7 Å². The number of ether oxygens (including phenoxy) is 2. The van der Waals surface area contributed by atoms with E-state index in [9.17, 15) is 4.79 Å². The van der Waals surface area contributed by atoms with Gasteiger partial charge >= 0.3 is 6.09 Å². The molecule has 2 saturated heterocycles. The molecule has 3 heterocycles. The van der Waals surface area contributed by atoms with Crippen LogP contribution in [0.4, 0.5) is 16.2 Å². The van der Waals surface area contributed by atoms with E-state index in [0.29, 0.717) is 24.6 Å². The van der Waals surface area contributed by atoms with Crippen molar-refractivity contribution in [2.24, 2.45) is 0 Å². The summed E-state index contributed by atoms with van der Waals surface area (Å²) >= 11 is 0. The van der Waals surface area contributed by atoms with Gasteiger partial charge in [-0.1, -0.05) is 25.7 Å². The molecule has 4 rings (SSSR count). The number of carbonyl (C=O) groups excluding carboxylic acids is 1. The summed E-state index contributed by atoms with van der Waals surface area (Å²) in [5.41, 5.74) is 3.45. The average molecular weight is 458 g/mol. The first-order valence-corrected chi connectivity index (χ1v) is 15.8. The predicted octanol–water partition coefficient (Wildman–Crippen LogP) is 4.92. The summed E-state index contributed by atoms with van der Waals surface area (Å²) in [5, 5.41) is 2.96. The number of nitrogens with one attached hydrogen (secondary N) is 1. The lowest BCUT2D eigenvalue weighted by Gasteiger charge is -2.43. The maximum atomic E-state index is 12.3. The van der Waals surface area contributed by atoms with Crippen molar-refractivity contribution in [2.45, 2.75) is 62.9 Å². The van der Waals surface area contributed by atoms with Gasteiger partial charge in [-0.15, -0.1) is 6.58 Å². The zero-order valence-electron chi connectivity index (χ0n) is 19.9. The molecule has 0 bridgehead atoms. The van der Waals surface area contributed by atoms with Crippen molar-refractivity contribution in [1.29, 1.82) is 0 Å². The fraction of sp³-hybridized carbons (Fsp3) is 0.640. The highest BCUT2D eigenvalue weighted by Crippen LogP contribution is 2.46. The maximum absolute atomic E-state index is 12.3. The Bertz CT molecular complexity index is 819. The molecule has 2 fully saturated rings. The van der Waals surface area contributed by atoms with Crippen molar-refractivity contribution in [3.05, 3.63) is 36.4 Å². The van der Waals surface area contributed by atoms with Crippen LogP contribution in [-0.4, -0.2) is 70.6 Å². The Balaban J connectivity index is 1.47. The van der Waals surface area contributed by atoms with Crippen LogP contribution in [0.15, 0.2) is 30.9 Å².